The number of nitrogens with zero attached hydrogens (tertiary/aromatic N) is 4. The van der Waals surface area contributed by atoms with Crippen molar-refractivity contribution in [1.82, 2.24) is 20.2 Å². The molecule has 0 spiro atoms. The van der Waals surface area contributed by atoms with Gasteiger partial charge in [0.2, 0.25) is 5.16 Å². The van der Waals surface area contributed by atoms with Crippen LogP contribution in [0.15, 0.2) is 59.4 Å². The van der Waals surface area contributed by atoms with Crippen LogP contribution in [0, 0.1) is 11.3 Å². The summed E-state index contributed by atoms with van der Waals surface area (Å²) in [7, 11) is 1.61. The first-order chi connectivity index (χ1) is 14.2. The Hall–Kier alpha value is -3.35. The van der Waals surface area contributed by atoms with Crippen molar-refractivity contribution < 1.29 is 9.84 Å². The van der Waals surface area contributed by atoms with E-state index in [2.05, 4.69) is 26.2 Å². The molecule has 29 heavy (non-hydrogen) atoms. The van der Waals surface area contributed by atoms with Gasteiger partial charge in [-0.3, -0.25) is 5.10 Å². The van der Waals surface area contributed by atoms with E-state index in [4.69, 9.17) is 4.74 Å². The number of benzene rings is 2. The number of aromatic amines is 1. The summed E-state index contributed by atoms with van der Waals surface area (Å²) in [6.45, 7) is 0. The Morgan fingerprint density at radius 2 is 2.00 bits per heavy atom. The van der Waals surface area contributed by atoms with Crippen LogP contribution in [0.3, 0.4) is 0 Å². The number of aromatic nitrogens is 4. The molecular formula is C20H15N5O2S2. The molecule has 9 heteroatoms. The lowest BCUT2D eigenvalue weighted by molar-refractivity contribution is 0.415. The molecule has 144 valence electrons. The SMILES string of the molecule is COc1ccc(-c2nc(SC/C(O)=C(\C#N)c3nc4ccccc4s3)n[nH]2)cc1. The number of aliphatic hydroxyl groups excluding tert-OH is 1. The highest BCUT2D eigenvalue weighted by atomic mass is 32.2. The third-order valence-electron chi connectivity index (χ3n) is 4.07. The lowest BCUT2D eigenvalue weighted by Gasteiger charge is -2.00. The smallest absolute Gasteiger partial charge is 0.209 e. The van der Waals surface area contributed by atoms with E-state index in [1.54, 1.807) is 7.11 Å². The molecule has 0 fully saturated rings. The highest BCUT2D eigenvalue weighted by Crippen LogP contribution is 2.30. The molecule has 0 atom stereocenters. The Balaban J connectivity index is 1.50. The number of thiazole rings is 1. The summed E-state index contributed by atoms with van der Waals surface area (Å²) in [6, 6.07) is 17.1. The van der Waals surface area contributed by atoms with Crippen molar-refractivity contribution in [2.24, 2.45) is 0 Å². The van der Waals surface area contributed by atoms with Gasteiger partial charge in [0.1, 0.15) is 28.2 Å². The predicted octanol–water partition coefficient (Wildman–Crippen LogP) is 4.67. The maximum absolute atomic E-state index is 10.5. The number of nitrogens with one attached hydrogen (secondary N) is 1. The third kappa shape index (κ3) is 4.08. The maximum atomic E-state index is 10.5. The Kier molecular flexibility index (Phi) is 5.46. The number of H-pyrrole nitrogens is 1. The maximum Gasteiger partial charge on any atom is 0.209 e. The lowest BCUT2D eigenvalue weighted by Crippen LogP contribution is -1.93. The zero-order valence-corrected chi connectivity index (χ0v) is 16.9. The topological polar surface area (TPSA) is 108 Å². The van der Waals surface area contributed by atoms with E-state index in [9.17, 15) is 10.4 Å². The van der Waals surface area contributed by atoms with E-state index < -0.39 is 0 Å². The Labute approximate surface area is 174 Å². The van der Waals surface area contributed by atoms with Crippen molar-refractivity contribution in [3.63, 3.8) is 0 Å². The fourth-order valence-corrected chi connectivity index (χ4v) is 4.27. The fraction of sp³-hybridized carbons (Fsp3) is 0.100. The summed E-state index contributed by atoms with van der Waals surface area (Å²) in [4.78, 5) is 8.87. The second kappa shape index (κ2) is 8.34. The van der Waals surface area contributed by atoms with Crippen LogP contribution < -0.4 is 4.74 Å². The first kappa shape index (κ1) is 19.0. The van der Waals surface area contributed by atoms with Crippen LogP contribution in [0.5, 0.6) is 5.75 Å². The second-order valence-electron chi connectivity index (χ2n) is 5.90. The molecule has 7 nitrogen and oxygen atoms in total. The molecule has 4 aromatic rings. The van der Waals surface area contributed by atoms with Crippen LogP contribution in [-0.2, 0) is 0 Å². The van der Waals surface area contributed by atoms with Gasteiger partial charge in [-0.05, 0) is 36.4 Å². The van der Waals surface area contributed by atoms with E-state index >= 15 is 0 Å². The largest absolute Gasteiger partial charge is 0.510 e. The van der Waals surface area contributed by atoms with Crippen molar-refractivity contribution in [1.29, 1.82) is 5.26 Å². The molecule has 0 bridgehead atoms. The molecule has 2 aromatic heterocycles. The minimum absolute atomic E-state index is 0.0487. The fourth-order valence-electron chi connectivity index (χ4n) is 2.61. The van der Waals surface area contributed by atoms with Gasteiger partial charge in [-0.25, -0.2) is 9.97 Å². The average Bonchev–Trinajstić information content (AvgIpc) is 3.40. The molecule has 0 amide bonds. The summed E-state index contributed by atoms with van der Waals surface area (Å²) in [5.41, 5.74) is 1.85. The molecule has 0 aliphatic carbocycles. The number of fused-ring (bicyclic) bond motifs is 1. The van der Waals surface area contributed by atoms with Gasteiger partial charge in [0.15, 0.2) is 5.82 Å². The number of para-hydroxylation sites is 1. The minimum Gasteiger partial charge on any atom is -0.510 e. The van der Waals surface area contributed by atoms with Crippen LogP contribution in [0.4, 0.5) is 0 Å². The highest BCUT2D eigenvalue weighted by molar-refractivity contribution is 7.99. The van der Waals surface area contributed by atoms with Crippen LogP contribution in [0.25, 0.3) is 27.2 Å². The zero-order valence-electron chi connectivity index (χ0n) is 15.3. The quantitative estimate of drug-likeness (QED) is 0.264. The number of nitriles is 1. The van der Waals surface area contributed by atoms with Gasteiger partial charge in [0.05, 0.1) is 23.1 Å². The van der Waals surface area contributed by atoms with E-state index in [1.165, 1.54) is 23.1 Å². The van der Waals surface area contributed by atoms with Gasteiger partial charge in [0.25, 0.3) is 0 Å². The number of rotatable bonds is 6. The zero-order chi connectivity index (χ0) is 20.2. The van der Waals surface area contributed by atoms with Gasteiger partial charge in [-0.15, -0.1) is 16.4 Å². The molecule has 0 saturated carbocycles. The van der Waals surface area contributed by atoms with E-state index in [-0.39, 0.29) is 17.1 Å². The lowest BCUT2D eigenvalue weighted by atomic mass is 10.2. The van der Waals surface area contributed by atoms with E-state index in [0.717, 1.165) is 21.5 Å². The standard InChI is InChI=1S/C20H15N5O2S2/c1-27-13-8-6-12(7-9-13)18-23-20(25-24-18)28-11-16(26)14(10-21)19-22-15-4-2-3-5-17(15)29-19/h2-9,26H,11H2,1H3,(H,23,24,25)/b16-14-. The van der Waals surface area contributed by atoms with Gasteiger partial charge in [-0.1, -0.05) is 23.9 Å². The molecule has 0 unspecified atom stereocenters. The molecule has 0 aliphatic rings. The number of methoxy groups -OCH3 is 1. The number of aliphatic hydroxyl groups is 1. The van der Waals surface area contributed by atoms with Crippen LogP contribution in [0.2, 0.25) is 0 Å². The summed E-state index contributed by atoms with van der Waals surface area (Å²) >= 11 is 2.61. The Morgan fingerprint density at radius 3 is 2.72 bits per heavy atom. The molecule has 4 rings (SSSR count). The van der Waals surface area contributed by atoms with Gasteiger partial charge >= 0.3 is 0 Å². The summed E-state index contributed by atoms with van der Waals surface area (Å²) in [5, 5.41) is 28.0. The second-order valence-corrected chi connectivity index (χ2v) is 7.88. The summed E-state index contributed by atoms with van der Waals surface area (Å²) in [5.74, 6) is 1.49. The first-order valence-corrected chi connectivity index (χ1v) is 10.4. The molecule has 2 heterocycles. The van der Waals surface area contributed by atoms with Gasteiger partial charge in [0, 0.05) is 5.56 Å². The third-order valence-corrected chi connectivity index (χ3v) is 5.99. The number of ether oxygens (including phenoxy) is 1. The summed E-state index contributed by atoms with van der Waals surface area (Å²) < 4.78 is 6.12. The van der Waals surface area contributed by atoms with Gasteiger partial charge < -0.3 is 9.84 Å². The molecule has 2 N–H and O–H groups in total. The van der Waals surface area contributed by atoms with Crippen molar-refractivity contribution in [2.45, 2.75) is 5.16 Å². The van der Waals surface area contributed by atoms with Crippen molar-refractivity contribution in [2.75, 3.05) is 12.9 Å². The van der Waals surface area contributed by atoms with Crippen molar-refractivity contribution in [3.8, 4) is 23.2 Å². The highest BCUT2D eigenvalue weighted by Gasteiger charge is 2.15. The van der Waals surface area contributed by atoms with E-state index in [1.807, 2.05) is 48.5 Å². The number of thioether (sulfide) groups is 1. The predicted molar refractivity (Wildman–Crippen MR) is 114 cm³/mol. The van der Waals surface area contributed by atoms with Gasteiger partial charge in [-0.2, -0.15) is 5.26 Å². The number of hydrogen-bond acceptors (Lipinski definition) is 8. The molecule has 2 aromatic carbocycles. The Bertz CT molecular complexity index is 1190. The monoisotopic (exact) mass is 421 g/mol. The van der Waals surface area contributed by atoms with Crippen LogP contribution in [-0.4, -0.2) is 38.1 Å². The minimum atomic E-state index is -0.0487. The normalized spacial score (nSPS) is 11.9. The Morgan fingerprint density at radius 1 is 1.21 bits per heavy atom. The number of allylic oxidation sites excluding steroid dienone is 1. The molecule has 0 saturated heterocycles. The first-order valence-electron chi connectivity index (χ1n) is 8.55. The number of hydrogen-bond donors (Lipinski definition) is 2. The van der Waals surface area contributed by atoms with Crippen LogP contribution in [0.1, 0.15) is 5.01 Å². The summed E-state index contributed by atoms with van der Waals surface area (Å²) in [6.07, 6.45) is 0. The average molecular weight is 422 g/mol. The van der Waals surface area contributed by atoms with Crippen molar-refractivity contribution in [3.05, 3.63) is 59.3 Å². The van der Waals surface area contributed by atoms with Crippen LogP contribution >= 0.6 is 23.1 Å². The molecular weight excluding hydrogens is 406 g/mol. The van der Waals surface area contributed by atoms with Crippen molar-refractivity contribution >= 4 is 38.9 Å². The molecule has 0 radical (unpaired) electrons. The molecule has 0 aliphatic heterocycles. The van der Waals surface area contributed by atoms with E-state index in [0.29, 0.717) is 16.0 Å².